The zero-order valence-corrected chi connectivity index (χ0v) is 10.1. The number of pyridine rings is 1. The summed E-state index contributed by atoms with van der Waals surface area (Å²) in [6.07, 6.45) is 1.63. The maximum Gasteiger partial charge on any atom is 0.298 e. The van der Waals surface area contributed by atoms with Crippen molar-refractivity contribution in [3.8, 4) is 0 Å². The molecule has 4 nitrogen and oxygen atoms in total. The van der Waals surface area contributed by atoms with E-state index < -0.39 is 0 Å². The fourth-order valence-corrected chi connectivity index (χ4v) is 1.97. The molecule has 0 saturated heterocycles. The van der Waals surface area contributed by atoms with Crippen LogP contribution in [0.25, 0.3) is 10.9 Å². The van der Waals surface area contributed by atoms with Gasteiger partial charge in [0.05, 0.1) is 4.92 Å². The smallest absolute Gasteiger partial charge is 0.258 e. The first-order chi connectivity index (χ1) is 7.09. The van der Waals surface area contributed by atoms with Gasteiger partial charge in [-0.15, -0.1) is 0 Å². The van der Waals surface area contributed by atoms with E-state index in [0.717, 1.165) is 8.96 Å². The maximum absolute atomic E-state index is 10.9. The van der Waals surface area contributed by atoms with Crippen LogP contribution in [0.15, 0.2) is 24.4 Å². The molecule has 2 aromatic rings. The van der Waals surface area contributed by atoms with Crippen molar-refractivity contribution >= 4 is 39.2 Å². The minimum absolute atomic E-state index is 0.101. The van der Waals surface area contributed by atoms with Gasteiger partial charge in [-0.2, -0.15) is 0 Å². The van der Waals surface area contributed by atoms with E-state index in [9.17, 15) is 10.1 Å². The number of fused-ring (bicyclic) bond motifs is 1. The Hall–Kier alpha value is -1.24. The van der Waals surface area contributed by atoms with E-state index in [4.69, 9.17) is 0 Å². The molecule has 1 aromatic carbocycles. The highest BCUT2D eigenvalue weighted by molar-refractivity contribution is 14.1. The first-order valence-electron chi connectivity index (χ1n) is 4.29. The van der Waals surface area contributed by atoms with Crippen LogP contribution in [0.1, 0.15) is 5.56 Å². The summed E-state index contributed by atoms with van der Waals surface area (Å²) in [5.41, 5.74) is 1.20. The Bertz CT molecular complexity index is 554. The standard InChI is InChI=1S/C10H7IN2O2/c1-6-2-3-7-4-8(11)5-12-9(7)10(6)13(14)15/h2-5H,1H3. The van der Waals surface area contributed by atoms with E-state index in [1.807, 2.05) is 12.1 Å². The van der Waals surface area contributed by atoms with Crippen LogP contribution in [0.4, 0.5) is 5.69 Å². The molecular formula is C10H7IN2O2. The van der Waals surface area contributed by atoms with Gasteiger partial charge in [0.1, 0.15) is 5.52 Å². The van der Waals surface area contributed by atoms with Gasteiger partial charge >= 0.3 is 0 Å². The van der Waals surface area contributed by atoms with Crippen molar-refractivity contribution in [3.05, 3.63) is 43.6 Å². The molecule has 0 spiro atoms. The highest BCUT2D eigenvalue weighted by Crippen LogP contribution is 2.27. The number of hydrogen-bond acceptors (Lipinski definition) is 3. The molecule has 0 aliphatic heterocycles. The zero-order chi connectivity index (χ0) is 11.0. The molecule has 2 rings (SSSR count). The lowest BCUT2D eigenvalue weighted by molar-refractivity contribution is -0.383. The molecule has 15 heavy (non-hydrogen) atoms. The van der Waals surface area contributed by atoms with Crippen molar-refractivity contribution in [2.24, 2.45) is 0 Å². The van der Waals surface area contributed by atoms with Crippen molar-refractivity contribution in [2.75, 3.05) is 0 Å². The van der Waals surface area contributed by atoms with Crippen molar-refractivity contribution in [1.29, 1.82) is 0 Å². The van der Waals surface area contributed by atoms with E-state index in [0.29, 0.717) is 11.1 Å². The van der Waals surface area contributed by atoms with Crippen LogP contribution in [-0.4, -0.2) is 9.91 Å². The van der Waals surface area contributed by atoms with Gasteiger partial charge in [-0.05, 0) is 35.6 Å². The molecule has 0 radical (unpaired) electrons. The Morgan fingerprint density at radius 2 is 2.20 bits per heavy atom. The van der Waals surface area contributed by atoms with Gasteiger partial charge in [-0.1, -0.05) is 12.1 Å². The van der Waals surface area contributed by atoms with Crippen LogP contribution >= 0.6 is 22.6 Å². The molecule has 0 bridgehead atoms. The maximum atomic E-state index is 10.9. The third-order valence-electron chi connectivity index (χ3n) is 2.18. The van der Waals surface area contributed by atoms with E-state index in [-0.39, 0.29) is 10.6 Å². The van der Waals surface area contributed by atoms with Gasteiger partial charge < -0.3 is 0 Å². The van der Waals surface area contributed by atoms with Gasteiger partial charge in [0.15, 0.2) is 0 Å². The predicted molar refractivity (Wildman–Crippen MR) is 65.9 cm³/mol. The fraction of sp³-hybridized carbons (Fsp3) is 0.100. The summed E-state index contributed by atoms with van der Waals surface area (Å²) in [6.45, 7) is 1.72. The highest BCUT2D eigenvalue weighted by Gasteiger charge is 2.16. The van der Waals surface area contributed by atoms with Crippen LogP contribution < -0.4 is 0 Å². The van der Waals surface area contributed by atoms with E-state index >= 15 is 0 Å². The lowest BCUT2D eigenvalue weighted by atomic mass is 10.1. The molecule has 0 amide bonds. The number of rotatable bonds is 1. The SMILES string of the molecule is Cc1ccc2cc(I)cnc2c1[N+](=O)[O-]. The molecule has 0 N–H and O–H groups in total. The minimum Gasteiger partial charge on any atom is -0.258 e. The van der Waals surface area contributed by atoms with Crippen molar-refractivity contribution in [2.45, 2.75) is 6.92 Å². The van der Waals surface area contributed by atoms with E-state index in [1.165, 1.54) is 0 Å². The second kappa shape index (κ2) is 3.73. The van der Waals surface area contributed by atoms with E-state index in [1.54, 1.807) is 19.2 Å². The Morgan fingerprint density at radius 1 is 1.47 bits per heavy atom. The summed E-state index contributed by atoms with van der Waals surface area (Å²) >= 11 is 2.13. The fourth-order valence-electron chi connectivity index (χ4n) is 1.49. The van der Waals surface area contributed by atoms with Gasteiger partial charge in [0, 0.05) is 20.7 Å². The topological polar surface area (TPSA) is 56.0 Å². The van der Waals surface area contributed by atoms with Gasteiger partial charge in [0.25, 0.3) is 5.69 Å². The number of hydrogen-bond donors (Lipinski definition) is 0. The summed E-state index contributed by atoms with van der Waals surface area (Å²) in [5, 5.41) is 11.7. The lowest BCUT2D eigenvalue weighted by Crippen LogP contribution is -1.95. The number of nitro groups is 1. The number of halogens is 1. The monoisotopic (exact) mass is 314 g/mol. The number of benzene rings is 1. The normalized spacial score (nSPS) is 10.5. The number of nitro benzene ring substituents is 1. The Labute approximate surface area is 99.6 Å². The predicted octanol–water partition coefficient (Wildman–Crippen LogP) is 3.06. The van der Waals surface area contributed by atoms with Crippen LogP contribution in [0.5, 0.6) is 0 Å². The second-order valence-corrected chi connectivity index (χ2v) is 4.46. The molecule has 0 aliphatic rings. The summed E-state index contributed by atoms with van der Waals surface area (Å²) in [4.78, 5) is 14.6. The highest BCUT2D eigenvalue weighted by atomic mass is 127. The number of nitrogens with zero attached hydrogens (tertiary/aromatic N) is 2. The van der Waals surface area contributed by atoms with Crippen LogP contribution in [0.2, 0.25) is 0 Å². The van der Waals surface area contributed by atoms with Gasteiger partial charge in [-0.25, -0.2) is 4.98 Å². The number of aromatic nitrogens is 1. The second-order valence-electron chi connectivity index (χ2n) is 3.21. The Morgan fingerprint density at radius 3 is 2.87 bits per heavy atom. The van der Waals surface area contributed by atoms with Crippen LogP contribution in [0, 0.1) is 20.6 Å². The quantitative estimate of drug-likeness (QED) is 0.462. The first kappa shape index (κ1) is 10.3. The van der Waals surface area contributed by atoms with Gasteiger partial charge in [-0.3, -0.25) is 10.1 Å². The molecule has 76 valence electrons. The molecular weight excluding hydrogens is 307 g/mol. The molecule has 0 unspecified atom stereocenters. The molecule has 0 aliphatic carbocycles. The summed E-state index contributed by atoms with van der Waals surface area (Å²) in [7, 11) is 0. The summed E-state index contributed by atoms with van der Waals surface area (Å²) < 4.78 is 0.971. The summed E-state index contributed by atoms with van der Waals surface area (Å²) in [5.74, 6) is 0. The van der Waals surface area contributed by atoms with E-state index in [2.05, 4.69) is 27.6 Å². The minimum atomic E-state index is -0.377. The Kier molecular flexibility index (Phi) is 2.56. The van der Waals surface area contributed by atoms with Crippen LogP contribution in [-0.2, 0) is 0 Å². The van der Waals surface area contributed by atoms with Crippen molar-refractivity contribution < 1.29 is 4.92 Å². The first-order valence-corrected chi connectivity index (χ1v) is 5.37. The molecule has 5 heteroatoms. The lowest BCUT2D eigenvalue weighted by Gasteiger charge is -2.01. The molecule has 0 saturated carbocycles. The largest absolute Gasteiger partial charge is 0.298 e. The van der Waals surface area contributed by atoms with Crippen molar-refractivity contribution in [3.63, 3.8) is 0 Å². The molecule has 1 aromatic heterocycles. The molecule has 0 fully saturated rings. The van der Waals surface area contributed by atoms with Gasteiger partial charge in [0.2, 0.25) is 0 Å². The summed E-state index contributed by atoms with van der Waals surface area (Å²) in [6, 6.07) is 5.49. The zero-order valence-electron chi connectivity index (χ0n) is 7.90. The average molecular weight is 314 g/mol. The van der Waals surface area contributed by atoms with Crippen LogP contribution in [0.3, 0.4) is 0 Å². The van der Waals surface area contributed by atoms with Crippen molar-refractivity contribution in [1.82, 2.24) is 4.98 Å². The third-order valence-corrected chi connectivity index (χ3v) is 2.77. The number of aryl methyl sites for hydroxylation is 1. The third kappa shape index (κ3) is 1.79. The Balaban J connectivity index is 2.88. The molecule has 0 atom stereocenters. The average Bonchev–Trinajstić information content (AvgIpc) is 2.17. The molecule has 1 heterocycles.